The lowest BCUT2D eigenvalue weighted by atomic mass is 9.92. The van der Waals surface area contributed by atoms with Gasteiger partial charge in [-0.3, -0.25) is 9.69 Å². The zero-order chi connectivity index (χ0) is 12.7. The van der Waals surface area contributed by atoms with E-state index >= 15 is 0 Å². The molecule has 0 aromatic rings. The Morgan fingerprint density at radius 1 is 1.24 bits per heavy atom. The molecule has 0 amide bonds. The second kappa shape index (κ2) is 6.95. The van der Waals surface area contributed by atoms with Gasteiger partial charge >= 0.3 is 0 Å². The summed E-state index contributed by atoms with van der Waals surface area (Å²) in [5.41, 5.74) is -0.272. The number of carbonyl (C=O) groups excluding carboxylic acids is 1. The van der Waals surface area contributed by atoms with E-state index in [0.29, 0.717) is 12.2 Å². The summed E-state index contributed by atoms with van der Waals surface area (Å²) in [4.78, 5) is 14.7. The van der Waals surface area contributed by atoms with Crippen LogP contribution in [0.1, 0.15) is 58.8 Å². The van der Waals surface area contributed by atoms with E-state index in [1.54, 1.807) is 0 Å². The SMILES string of the molecule is C=CCCCC(=O)C(C)(C)N1CCCCCC1. The number of allylic oxidation sites excluding steroid dienone is 1. The zero-order valence-corrected chi connectivity index (χ0v) is 11.5. The molecule has 1 heterocycles. The molecule has 1 rings (SSSR count). The number of Topliss-reactive ketones (excluding diaryl/α,β-unsaturated/α-hetero) is 1. The minimum atomic E-state index is -0.272. The Labute approximate surface area is 106 Å². The van der Waals surface area contributed by atoms with E-state index in [-0.39, 0.29) is 5.54 Å². The average Bonchev–Trinajstić information content (AvgIpc) is 2.58. The van der Waals surface area contributed by atoms with Crippen molar-refractivity contribution in [3.05, 3.63) is 12.7 Å². The van der Waals surface area contributed by atoms with Crippen molar-refractivity contribution in [2.45, 2.75) is 64.3 Å². The maximum absolute atomic E-state index is 12.3. The lowest BCUT2D eigenvalue weighted by Crippen LogP contribution is -2.50. The van der Waals surface area contributed by atoms with Gasteiger partial charge in [0.2, 0.25) is 0 Å². The van der Waals surface area contributed by atoms with Gasteiger partial charge in [-0.05, 0) is 52.6 Å². The second-order valence-corrected chi connectivity index (χ2v) is 5.56. The molecule has 0 bridgehead atoms. The summed E-state index contributed by atoms with van der Waals surface area (Å²) in [5.74, 6) is 0.390. The van der Waals surface area contributed by atoms with Gasteiger partial charge < -0.3 is 0 Å². The largest absolute Gasteiger partial charge is 0.298 e. The number of carbonyl (C=O) groups is 1. The van der Waals surface area contributed by atoms with Crippen LogP contribution in [-0.4, -0.2) is 29.3 Å². The summed E-state index contributed by atoms with van der Waals surface area (Å²) in [6.07, 6.45) is 9.59. The fourth-order valence-electron chi connectivity index (χ4n) is 2.52. The first-order chi connectivity index (χ1) is 8.09. The van der Waals surface area contributed by atoms with E-state index in [9.17, 15) is 4.79 Å². The summed E-state index contributed by atoms with van der Waals surface area (Å²) in [5, 5.41) is 0. The molecule has 2 nitrogen and oxygen atoms in total. The monoisotopic (exact) mass is 237 g/mol. The molecule has 1 fully saturated rings. The van der Waals surface area contributed by atoms with Crippen LogP contribution in [0.3, 0.4) is 0 Å². The molecule has 0 N–H and O–H groups in total. The summed E-state index contributed by atoms with van der Waals surface area (Å²) in [6, 6.07) is 0. The fraction of sp³-hybridized carbons (Fsp3) is 0.800. The number of rotatable bonds is 6. The van der Waals surface area contributed by atoms with Crippen molar-refractivity contribution in [3.63, 3.8) is 0 Å². The van der Waals surface area contributed by atoms with Crippen LogP contribution in [0.4, 0.5) is 0 Å². The van der Waals surface area contributed by atoms with E-state index in [2.05, 4.69) is 25.3 Å². The Bertz CT molecular complexity index is 250. The Kier molecular flexibility index (Phi) is 5.90. The van der Waals surface area contributed by atoms with E-state index < -0.39 is 0 Å². The molecule has 2 heteroatoms. The molecule has 0 unspecified atom stereocenters. The van der Waals surface area contributed by atoms with Gasteiger partial charge in [0.15, 0.2) is 5.78 Å². The van der Waals surface area contributed by atoms with Gasteiger partial charge in [-0.2, -0.15) is 0 Å². The van der Waals surface area contributed by atoms with Gasteiger partial charge in [-0.15, -0.1) is 6.58 Å². The number of hydrogen-bond acceptors (Lipinski definition) is 2. The predicted octanol–water partition coefficient (Wildman–Crippen LogP) is 3.57. The molecular weight excluding hydrogens is 210 g/mol. The highest BCUT2D eigenvalue weighted by Gasteiger charge is 2.33. The maximum atomic E-state index is 12.3. The molecular formula is C15H27NO. The Hall–Kier alpha value is -0.630. The lowest BCUT2D eigenvalue weighted by molar-refractivity contribution is -0.129. The molecule has 0 aliphatic carbocycles. The summed E-state index contributed by atoms with van der Waals surface area (Å²) < 4.78 is 0. The van der Waals surface area contributed by atoms with Crippen LogP contribution in [0.15, 0.2) is 12.7 Å². The topological polar surface area (TPSA) is 20.3 Å². The Morgan fingerprint density at radius 3 is 2.35 bits per heavy atom. The Balaban J connectivity index is 2.51. The summed E-state index contributed by atoms with van der Waals surface area (Å²) in [6.45, 7) is 10.1. The molecule has 0 radical (unpaired) electrons. The van der Waals surface area contributed by atoms with Crippen molar-refractivity contribution in [1.82, 2.24) is 4.90 Å². The molecule has 0 aromatic heterocycles. The minimum absolute atomic E-state index is 0.272. The minimum Gasteiger partial charge on any atom is -0.298 e. The molecule has 98 valence electrons. The highest BCUT2D eigenvalue weighted by atomic mass is 16.1. The fourth-order valence-corrected chi connectivity index (χ4v) is 2.52. The van der Waals surface area contributed by atoms with Crippen molar-refractivity contribution in [1.29, 1.82) is 0 Å². The first-order valence-electron chi connectivity index (χ1n) is 6.98. The zero-order valence-electron chi connectivity index (χ0n) is 11.5. The number of hydrogen-bond donors (Lipinski definition) is 0. The third kappa shape index (κ3) is 4.27. The molecule has 1 saturated heterocycles. The van der Waals surface area contributed by atoms with Gasteiger partial charge in [-0.1, -0.05) is 18.9 Å². The molecule has 1 aliphatic heterocycles. The highest BCUT2D eigenvalue weighted by molar-refractivity contribution is 5.87. The first kappa shape index (κ1) is 14.4. The van der Waals surface area contributed by atoms with Crippen LogP contribution < -0.4 is 0 Å². The van der Waals surface area contributed by atoms with Gasteiger partial charge in [0.25, 0.3) is 0 Å². The van der Waals surface area contributed by atoms with Crippen LogP contribution >= 0.6 is 0 Å². The molecule has 0 atom stereocenters. The molecule has 0 aromatic carbocycles. The van der Waals surface area contributed by atoms with Crippen LogP contribution in [0.2, 0.25) is 0 Å². The van der Waals surface area contributed by atoms with Crippen LogP contribution in [-0.2, 0) is 4.79 Å². The third-order valence-electron chi connectivity index (χ3n) is 3.89. The second-order valence-electron chi connectivity index (χ2n) is 5.56. The van der Waals surface area contributed by atoms with E-state index in [1.165, 1.54) is 25.7 Å². The first-order valence-corrected chi connectivity index (χ1v) is 6.98. The number of unbranched alkanes of at least 4 members (excludes halogenated alkanes) is 1. The van der Waals surface area contributed by atoms with E-state index in [0.717, 1.165) is 25.9 Å². The van der Waals surface area contributed by atoms with Crippen LogP contribution in [0.5, 0.6) is 0 Å². The molecule has 0 spiro atoms. The van der Waals surface area contributed by atoms with Crippen LogP contribution in [0, 0.1) is 0 Å². The van der Waals surface area contributed by atoms with Crippen molar-refractivity contribution >= 4 is 5.78 Å². The number of ketones is 1. The average molecular weight is 237 g/mol. The van der Waals surface area contributed by atoms with Crippen LogP contribution in [0.25, 0.3) is 0 Å². The molecule has 17 heavy (non-hydrogen) atoms. The standard InChI is InChI=1S/C15H27NO/c1-4-5-8-11-14(17)15(2,3)16-12-9-6-7-10-13-16/h4H,1,5-13H2,2-3H3. The lowest BCUT2D eigenvalue weighted by Gasteiger charge is -2.36. The van der Waals surface area contributed by atoms with Gasteiger partial charge in [0, 0.05) is 6.42 Å². The number of nitrogens with zero attached hydrogens (tertiary/aromatic N) is 1. The smallest absolute Gasteiger partial charge is 0.152 e. The van der Waals surface area contributed by atoms with Crippen molar-refractivity contribution in [2.24, 2.45) is 0 Å². The summed E-state index contributed by atoms with van der Waals surface area (Å²) >= 11 is 0. The molecule has 1 aliphatic rings. The van der Waals surface area contributed by atoms with Crippen molar-refractivity contribution in [3.8, 4) is 0 Å². The normalized spacial score (nSPS) is 18.7. The number of likely N-dealkylation sites (tertiary alicyclic amines) is 1. The summed E-state index contributed by atoms with van der Waals surface area (Å²) in [7, 11) is 0. The van der Waals surface area contributed by atoms with Gasteiger partial charge in [0.1, 0.15) is 0 Å². The Morgan fingerprint density at radius 2 is 1.82 bits per heavy atom. The quantitative estimate of drug-likeness (QED) is 0.520. The van der Waals surface area contributed by atoms with Gasteiger partial charge in [-0.25, -0.2) is 0 Å². The molecule has 0 saturated carbocycles. The maximum Gasteiger partial charge on any atom is 0.152 e. The predicted molar refractivity (Wildman–Crippen MR) is 73.2 cm³/mol. The van der Waals surface area contributed by atoms with E-state index in [4.69, 9.17) is 0 Å². The van der Waals surface area contributed by atoms with Gasteiger partial charge in [0.05, 0.1) is 5.54 Å². The third-order valence-corrected chi connectivity index (χ3v) is 3.89. The van der Waals surface area contributed by atoms with Crippen molar-refractivity contribution in [2.75, 3.05) is 13.1 Å². The van der Waals surface area contributed by atoms with E-state index in [1.807, 2.05) is 6.08 Å². The highest BCUT2D eigenvalue weighted by Crippen LogP contribution is 2.23. The van der Waals surface area contributed by atoms with Crippen molar-refractivity contribution < 1.29 is 4.79 Å².